The van der Waals surface area contributed by atoms with Crippen molar-refractivity contribution in [3.05, 3.63) is 59.8 Å². The molecule has 4 rings (SSSR count). The standard InChI is InChI=1S/C25H32N2O4/c1-30-25(29)27-16-6-9-21(22-10-5-11-24(28)26-22)23(27)17-31-20-14-12-19(13-15-20)18-7-3-2-4-8-18/h2-5,7-8,10-11,19-21,23H,6,9,12-17H2,1H3,(H,26,28)/t19-,20+,21?,23?. The van der Waals surface area contributed by atoms with Crippen molar-refractivity contribution in [2.24, 2.45) is 0 Å². The average Bonchev–Trinajstić information content (AvgIpc) is 2.83. The molecule has 2 atom stereocenters. The maximum absolute atomic E-state index is 12.5. The molecule has 6 nitrogen and oxygen atoms in total. The predicted octanol–water partition coefficient (Wildman–Crippen LogP) is 4.84. The number of benzene rings is 1. The summed E-state index contributed by atoms with van der Waals surface area (Å²) in [6.45, 7) is 1.11. The summed E-state index contributed by atoms with van der Waals surface area (Å²) in [5.41, 5.74) is 2.22. The minimum atomic E-state index is -0.328. The molecule has 2 heterocycles. The summed E-state index contributed by atoms with van der Waals surface area (Å²) in [6, 6.07) is 15.9. The van der Waals surface area contributed by atoms with Crippen LogP contribution in [0.25, 0.3) is 0 Å². The number of amides is 1. The van der Waals surface area contributed by atoms with Crippen LogP contribution in [0.1, 0.15) is 61.6 Å². The van der Waals surface area contributed by atoms with E-state index in [0.717, 1.165) is 44.2 Å². The first-order valence-corrected chi connectivity index (χ1v) is 11.3. The fourth-order valence-corrected chi connectivity index (χ4v) is 5.12. The Balaban J connectivity index is 1.41. The summed E-state index contributed by atoms with van der Waals surface area (Å²) in [5, 5.41) is 9.86. The highest BCUT2D eigenvalue weighted by atomic mass is 16.5. The fourth-order valence-electron chi connectivity index (χ4n) is 5.12. The molecular formula is C25H32N2O4. The van der Waals surface area contributed by atoms with Gasteiger partial charge in [0.15, 0.2) is 0 Å². The number of hydrogen-bond donors (Lipinski definition) is 1. The largest absolute Gasteiger partial charge is 0.493 e. The van der Waals surface area contributed by atoms with Crippen molar-refractivity contribution in [3.8, 4) is 5.88 Å². The van der Waals surface area contributed by atoms with Crippen LogP contribution in [0.2, 0.25) is 0 Å². The van der Waals surface area contributed by atoms with Crippen molar-refractivity contribution in [2.75, 3.05) is 20.3 Å². The summed E-state index contributed by atoms with van der Waals surface area (Å²) in [4.78, 5) is 18.5. The van der Waals surface area contributed by atoms with Crippen LogP contribution in [-0.2, 0) is 9.47 Å². The molecule has 1 aliphatic heterocycles. The van der Waals surface area contributed by atoms with Crippen LogP contribution in [0, 0.1) is 0 Å². The quantitative estimate of drug-likeness (QED) is 0.743. The summed E-state index contributed by atoms with van der Waals surface area (Å²) in [6.07, 6.45) is 5.95. The molecule has 1 saturated heterocycles. The molecule has 1 aliphatic carbocycles. The molecule has 0 spiro atoms. The highest BCUT2D eigenvalue weighted by Crippen LogP contribution is 2.36. The first kappa shape index (κ1) is 21.6. The number of rotatable bonds is 5. The van der Waals surface area contributed by atoms with Crippen LogP contribution in [0.4, 0.5) is 4.79 Å². The van der Waals surface area contributed by atoms with E-state index in [0.29, 0.717) is 19.1 Å². The van der Waals surface area contributed by atoms with Gasteiger partial charge < -0.3 is 19.5 Å². The van der Waals surface area contributed by atoms with E-state index in [9.17, 15) is 9.90 Å². The number of hydrogen-bond acceptors (Lipinski definition) is 5. The topological polar surface area (TPSA) is 71.9 Å². The minimum Gasteiger partial charge on any atom is -0.493 e. The van der Waals surface area contributed by atoms with E-state index in [-0.39, 0.29) is 30.0 Å². The van der Waals surface area contributed by atoms with Gasteiger partial charge in [-0.15, -0.1) is 0 Å². The van der Waals surface area contributed by atoms with Crippen molar-refractivity contribution in [3.63, 3.8) is 0 Å². The fraction of sp³-hybridized carbons (Fsp3) is 0.520. The third kappa shape index (κ3) is 5.18. The molecule has 2 unspecified atom stereocenters. The van der Waals surface area contributed by atoms with Gasteiger partial charge in [-0.2, -0.15) is 0 Å². The number of carbonyl (C=O) groups is 1. The molecule has 1 aromatic heterocycles. The molecule has 2 aromatic rings. The van der Waals surface area contributed by atoms with Crippen molar-refractivity contribution < 1.29 is 19.4 Å². The van der Waals surface area contributed by atoms with Crippen LogP contribution in [0.5, 0.6) is 5.88 Å². The lowest BCUT2D eigenvalue weighted by molar-refractivity contribution is -0.0242. The van der Waals surface area contributed by atoms with Crippen molar-refractivity contribution in [2.45, 2.75) is 62.5 Å². The molecule has 2 aliphatic rings. The second-order valence-electron chi connectivity index (χ2n) is 8.62. The van der Waals surface area contributed by atoms with Gasteiger partial charge >= 0.3 is 6.09 Å². The maximum atomic E-state index is 12.5. The van der Waals surface area contributed by atoms with Crippen LogP contribution in [0.15, 0.2) is 48.5 Å². The zero-order chi connectivity index (χ0) is 21.6. The van der Waals surface area contributed by atoms with E-state index in [1.807, 2.05) is 6.07 Å². The summed E-state index contributed by atoms with van der Waals surface area (Å²) >= 11 is 0. The lowest BCUT2D eigenvalue weighted by atomic mass is 9.82. The van der Waals surface area contributed by atoms with Crippen molar-refractivity contribution >= 4 is 6.09 Å². The number of methoxy groups -OCH3 is 1. The molecule has 6 heteroatoms. The molecule has 0 bridgehead atoms. The SMILES string of the molecule is COC(=O)N1CCCC(c2cccc(O)n2)C1CO[C@H]1CC[C@@H](c2ccccc2)CC1. The first-order chi connectivity index (χ1) is 15.2. The van der Waals surface area contributed by atoms with Gasteiger partial charge in [-0.05, 0) is 56.1 Å². The number of aromatic hydroxyl groups is 1. The van der Waals surface area contributed by atoms with E-state index in [1.54, 1.807) is 17.0 Å². The molecule has 1 amide bonds. The number of ether oxygens (including phenoxy) is 2. The third-order valence-corrected chi connectivity index (χ3v) is 6.77. The number of nitrogens with zero attached hydrogens (tertiary/aromatic N) is 2. The molecule has 1 N–H and O–H groups in total. The molecule has 2 fully saturated rings. The van der Waals surface area contributed by atoms with Crippen LogP contribution in [-0.4, -0.2) is 53.5 Å². The molecule has 1 saturated carbocycles. The summed E-state index contributed by atoms with van der Waals surface area (Å²) < 4.78 is 11.4. The Kier molecular flexibility index (Phi) is 7.07. The molecule has 0 radical (unpaired) electrons. The van der Waals surface area contributed by atoms with Gasteiger partial charge in [-0.3, -0.25) is 0 Å². The Morgan fingerprint density at radius 2 is 1.84 bits per heavy atom. The smallest absolute Gasteiger partial charge is 0.409 e. The number of carbonyl (C=O) groups excluding carboxylic acids is 1. The zero-order valence-corrected chi connectivity index (χ0v) is 18.2. The Hall–Kier alpha value is -2.60. The third-order valence-electron chi connectivity index (χ3n) is 6.77. The minimum absolute atomic E-state index is 0.00611. The van der Waals surface area contributed by atoms with E-state index in [4.69, 9.17) is 9.47 Å². The lowest BCUT2D eigenvalue weighted by Crippen LogP contribution is -2.50. The van der Waals surface area contributed by atoms with E-state index >= 15 is 0 Å². The van der Waals surface area contributed by atoms with Crippen molar-refractivity contribution in [1.29, 1.82) is 0 Å². The van der Waals surface area contributed by atoms with Gasteiger partial charge in [0, 0.05) is 24.2 Å². The number of likely N-dealkylation sites (tertiary alicyclic amines) is 1. The van der Waals surface area contributed by atoms with Gasteiger partial charge in [0.1, 0.15) is 0 Å². The number of pyridine rings is 1. The summed E-state index contributed by atoms with van der Waals surface area (Å²) in [7, 11) is 1.42. The normalized spacial score (nSPS) is 26.4. The number of piperidine rings is 1. The number of aromatic nitrogens is 1. The average molecular weight is 425 g/mol. The van der Waals surface area contributed by atoms with E-state index < -0.39 is 0 Å². The van der Waals surface area contributed by atoms with Crippen molar-refractivity contribution in [1.82, 2.24) is 9.88 Å². The second-order valence-corrected chi connectivity index (χ2v) is 8.62. The van der Waals surface area contributed by atoms with E-state index in [2.05, 4.69) is 35.3 Å². The van der Waals surface area contributed by atoms with E-state index in [1.165, 1.54) is 12.7 Å². The predicted molar refractivity (Wildman–Crippen MR) is 118 cm³/mol. The molecule has 31 heavy (non-hydrogen) atoms. The van der Waals surface area contributed by atoms with Gasteiger partial charge in [-0.1, -0.05) is 36.4 Å². The monoisotopic (exact) mass is 424 g/mol. The molecular weight excluding hydrogens is 392 g/mol. The maximum Gasteiger partial charge on any atom is 0.409 e. The Bertz CT molecular complexity index is 852. The van der Waals surface area contributed by atoms with Crippen LogP contribution >= 0.6 is 0 Å². The van der Waals surface area contributed by atoms with Gasteiger partial charge in [0.25, 0.3) is 0 Å². The van der Waals surface area contributed by atoms with Crippen LogP contribution < -0.4 is 0 Å². The Labute approximate surface area is 184 Å². The highest BCUT2D eigenvalue weighted by Gasteiger charge is 2.37. The van der Waals surface area contributed by atoms with Crippen LogP contribution in [0.3, 0.4) is 0 Å². The second kappa shape index (κ2) is 10.1. The van der Waals surface area contributed by atoms with Gasteiger partial charge in [-0.25, -0.2) is 9.78 Å². The molecule has 1 aromatic carbocycles. The zero-order valence-electron chi connectivity index (χ0n) is 18.2. The van der Waals surface area contributed by atoms with Gasteiger partial charge in [0.2, 0.25) is 5.88 Å². The Morgan fingerprint density at radius 3 is 2.55 bits per heavy atom. The van der Waals surface area contributed by atoms with Gasteiger partial charge in [0.05, 0.1) is 25.9 Å². The first-order valence-electron chi connectivity index (χ1n) is 11.3. The molecule has 166 valence electrons. The highest BCUT2D eigenvalue weighted by molar-refractivity contribution is 5.68. The summed E-state index contributed by atoms with van der Waals surface area (Å²) in [5.74, 6) is 0.624. The Morgan fingerprint density at radius 1 is 1.06 bits per heavy atom. The lowest BCUT2D eigenvalue weighted by Gasteiger charge is -2.41.